The molecule has 1 amide bonds. The predicted molar refractivity (Wildman–Crippen MR) is 79.2 cm³/mol. The Morgan fingerprint density at radius 1 is 1.36 bits per heavy atom. The third kappa shape index (κ3) is 2.83. The molecule has 0 unspecified atom stereocenters. The number of rotatable bonds is 4. The second kappa shape index (κ2) is 5.97. The van der Waals surface area contributed by atoms with Crippen molar-refractivity contribution in [3.05, 3.63) is 47.9 Å². The van der Waals surface area contributed by atoms with Gasteiger partial charge < -0.3 is 10.1 Å². The summed E-state index contributed by atoms with van der Waals surface area (Å²) in [5.74, 6) is -0.468. The molecule has 1 aromatic heterocycles. The van der Waals surface area contributed by atoms with Crippen LogP contribution >= 0.6 is 0 Å². The third-order valence-electron chi connectivity index (χ3n) is 3.39. The van der Waals surface area contributed by atoms with Gasteiger partial charge in [-0.2, -0.15) is 4.98 Å². The summed E-state index contributed by atoms with van der Waals surface area (Å²) in [7, 11) is 0. The molecule has 0 aliphatic carbocycles. The first-order valence-electron chi connectivity index (χ1n) is 6.93. The predicted octanol–water partition coefficient (Wildman–Crippen LogP) is 2.75. The summed E-state index contributed by atoms with van der Waals surface area (Å²) in [6, 6.07) is 9.70. The maximum atomic E-state index is 13.9. The van der Waals surface area contributed by atoms with E-state index in [0.717, 1.165) is 16.7 Å². The summed E-state index contributed by atoms with van der Waals surface area (Å²) >= 11 is 0. The van der Waals surface area contributed by atoms with Gasteiger partial charge >= 0.3 is 6.09 Å². The minimum atomic E-state index is -0.656. The van der Waals surface area contributed by atoms with E-state index < -0.39 is 11.9 Å². The van der Waals surface area contributed by atoms with E-state index in [-0.39, 0.29) is 31.0 Å². The van der Waals surface area contributed by atoms with E-state index in [1.165, 1.54) is 0 Å². The van der Waals surface area contributed by atoms with Crippen LogP contribution in [-0.2, 0) is 4.74 Å². The maximum absolute atomic E-state index is 13.9. The van der Waals surface area contributed by atoms with Gasteiger partial charge in [0.15, 0.2) is 11.6 Å². The van der Waals surface area contributed by atoms with Gasteiger partial charge in [0, 0.05) is 0 Å². The highest BCUT2D eigenvalue weighted by molar-refractivity contribution is 5.88. The second-order valence-corrected chi connectivity index (χ2v) is 4.91. The lowest BCUT2D eigenvalue weighted by molar-refractivity contribution is 0.181. The Morgan fingerprint density at radius 3 is 2.82 bits per heavy atom. The number of anilines is 2. The van der Waals surface area contributed by atoms with Gasteiger partial charge in [-0.1, -0.05) is 30.3 Å². The minimum absolute atomic E-state index is 0.0509. The number of hydrogen-bond acceptors (Lipinski definition) is 5. The minimum Gasteiger partial charge on any atom is -0.447 e. The molecule has 1 atom stereocenters. The van der Waals surface area contributed by atoms with E-state index in [9.17, 15) is 9.18 Å². The van der Waals surface area contributed by atoms with E-state index in [0.29, 0.717) is 0 Å². The molecule has 0 spiro atoms. The first-order chi connectivity index (χ1) is 10.6. The molecule has 0 saturated carbocycles. The molecule has 6 nitrogen and oxygen atoms in total. The Hall–Kier alpha value is -2.70. The molecule has 1 N–H and O–H groups in total. The van der Waals surface area contributed by atoms with Crippen LogP contribution in [0.4, 0.5) is 21.0 Å². The monoisotopic (exact) mass is 302 g/mol. The standard InChI is InChI=1S/C15H15FN4O2/c1-10(11-5-3-2-4-6-11)18-14-17-9-12(16)13(19-14)20-7-8-22-15(20)21/h2-6,9-10H,7-8H2,1H3,(H,17,18,19)/t10-/m0/s1. The molecule has 0 bridgehead atoms. The summed E-state index contributed by atoms with van der Waals surface area (Å²) < 4.78 is 18.7. The SMILES string of the molecule is C[C@H](Nc1ncc(F)c(N2CCOC2=O)n1)c1ccccc1. The van der Waals surface area contributed by atoms with Crippen molar-refractivity contribution in [2.45, 2.75) is 13.0 Å². The molecule has 1 aliphatic heterocycles. The van der Waals surface area contributed by atoms with Gasteiger partial charge in [-0.15, -0.1) is 0 Å². The molecule has 1 aliphatic rings. The van der Waals surface area contributed by atoms with Gasteiger partial charge in [-0.05, 0) is 12.5 Å². The number of aromatic nitrogens is 2. The van der Waals surface area contributed by atoms with Crippen molar-refractivity contribution in [3.63, 3.8) is 0 Å². The highest BCUT2D eigenvalue weighted by Crippen LogP contribution is 2.22. The molecular weight excluding hydrogens is 287 g/mol. The Morgan fingerprint density at radius 2 is 2.14 bits per heavy atom. The first kappa shape index (κ1) is 14.2. The fourth-order valence-corrected chi connectivity index (χ4v) is 2.22. The van der Waals surface area contributed by atoms with Gasteiger partial charge in [0.1, 0.15) is 6.61 Å². The number of hydrogen-bond donors (Lipinski definition) is 1. The number of halogens is 1. The quantitative estimate of drug-likeness (QED) is 0.940. The molecule has 22 heavy (non-hydrogen) atoms. The van der Waals surface area contributed by atoms with E-state index in [1.54, 1.807) is 0 Å². The zero-order chi connectivity index (χ0) is 15.5. The summed E-state index contributed by atoms with van der Waals surface area (Å²) in [5, 5.41) is 3.10. The molecule has 0 radical (unpaired) electrons. The Balaban J connectivity index is 1.82. The van der Waals surface area contributed by atoms with Crippen molar-refractivity contribution < 1.29 is 13.9 Å². The number of carbonyl (C=O) groups is 1. The summed E-state index contributed by atoms with van der Waals surface area (Å²) in [6.45, 7) is 2.46. The van der Waals surface area contributed by atoms with E-state index >= 15 is 0 Å². The average molecular weight is 302 g/mol. The van der Waals surface area contributed by atoms with Crippen molar-refractivity contribution in [2.24, 2.45) is 0 Å². The topological polar surface area (TPSA) is 67.3 Å². The van der Waals surface area contributed by atoms with E-state index in [2.05, 4.69) is 15.3 Å². The van der Waals surface area contributed by atoms with Crippen LogP contribution in [0.2, 0.25) is 0 Å². The Labute approximate surface area is 126 Å². The van der Waals surface area contributed by atoms with Crippen LogP contribution in [0.5, 0.6) is 0 Å². The van der Waals surface area contributed by atoms with Gasteiger partial charge in [-0.3, -0.25) is 4.90 Å². The van der Waals surface area contributed by atoms with Crippen LogP contribution in [0.3, 0.4) is 0 Å². The molecule has 1 aromatic carbocycles. The number of cyclic esters (lactones) is 1. The number of carbonyl (C=O) groups excluding carboxylic acids is 1. The lowest BCUT2D eigenvalue weighted by Crippen LogP contribution is -2.26. The smallest absolute Gasteiger partial charge is 0.415 e. The number of amides is 1. The van der Waals surface area contributed by atoms with Crippen molar-refractivity contribution in [1.82, 2.24) is 9.97 Å². The molecule has 3 rings (SSSR count). The zero-order valence-electron chi connectivity index (χ0n) is 12.0. The molecular formula is C15H15FN4O2. The van der Waals surface area contributed by atoms with Gasteiger partial charge in [-0.25, -0.2) is 14.2 Å². The fraction of sp³-hybridized carbons (Fsp3) is 0.267. The van der Waals surface area contributed by atoms with E-state index in [4.69, 9.17) is 4.74 Å². The molecule has 2 aromatic rings. The van der Waals surface area contributed by atoms with Crippen LogP contribution in [0.15, 0.2) is 36.5 Å². The zero-order valence-corrected chi connectivity index (χ0v) is 12.0. The summed E-state index contributed by atoms with van der Waals surface area (Å²) in [4.78, 5) is 20.7. The molecule has 1 fully saturated rings. The largest absolute Gasteiger partial charge is 0.447 e. The van der Waals surface area contributed by atoms with Crippen molar-refractivity contribution in [1.29, 1.82) is 0 Å². The number of benzene rings is 1. The number of nitrogens with zero attached hydrogens (tertiary/aromatic N) is 3. The van der Waals surface area contributed by atoms with Gasteiger partial charge in [0.05, 0.1) is 18.8 Å². The molecule has 114 valence electrons. The highest BCUT2D eigenvalue weighted by atomic mass is 19.1. The van der Waals surface area contributed by atoms with E-state index in [1.807, 2.05) is 37.3 Å². The summed E-state index contributed by atoms with van der Waals surface area (Å²) in [5.41, 5.74) is 1.05. The van der Waals surface area contributed by atoms with Crippen LogP contribution in [-0.4, -0.2) is 29.2 Å². The van der Waals surface area contributed by atoms with Gasteiger partial charge in [0.25, 0.3) is 0 Å². The lowest BCUT2D eigenvalue weighted by Gasteiger charge is -2.17. The Bertz CT molecular complexity index is 680. The third-order valence-corrected chi connectivity index (χ3v) is 3.39. The van der Waals surface area contributed by atoms with Crippen molar-refractivity contribution >= 4 is 17.9 Å². The Kier molecular flexibility index (Phi) is 3.86. The average Bonchev–Trinajstić information content (AvgIpc) is 2.96. The summed E-state index contributed by atoms with van der Waals surface area (Å²) in [6.07, 6.45) is 0.452. The normalized spacial score (nSPS) is 15.5. The fourth-order valence-electron chi connectivity index (χ4n) is 2.22. The number of nitrogens with one attached hydrogen (secondary N) is 1. The molecule has 7 heteroatoms. The number of ether oxygens (including phenoxy) is 1. The van der Waals surface area contributed by atoms with Crippen molar-refractivity contribution in [3.8, 4) is 0 Å². The van der Waals surface area contributed by atoms with Crippen LogP contribution in [0.1, 0.15) is 18.5 Å². The maximum Gasteiger partial charge on any atom is 0.415 e. The van der Waals surface area contributed by atoms with Gasteiger partial charge in [0.2, 0.25) is 5.95 Å². The van der Waals surface area contributed by atoms with Crippen molar-refractivity contribution in [2.75, 3.05) is 23.4 Å². The van der Waals surface area contributed by atoms with Crippen LogP contribution in [0.25, 0.3) is 0 Å². The van der Waals surface area contributed by atoms with Crippen LogP contribution < -0.4 is 10.2 Å². The first-order valence-corrected chi connectivity index (χ1v) is 6.93. The second-order valence-electron chi connectivity index (χ2n) is 4.91. The lowest BCUT2D eigenvalue weighted by atomic mass is 10.1. The molecule has 2 heterocycles. The highest BCUT2D eigenvalue weighted by Gasteiger charge is 2.28. The van der Waals surface area contributed by atoms with Crippen LogP contribution in [0, 0.1) is 5.82 Å². The molecule has 1 saturated heterocycles.